The molecule has 1 aliphatic rings. The van der Waals surface area contributed by atoms with E-state index in [0.29, 0.717) is 0 Å². The van der Waals surface area contributed by atoms with Crippen molar-refractivity contribution in [2.45, 2.75) is 37.9 Å². The third-order valence-electron chi connectivity index (χ3n) is 2.81. The largest absolute Gasteiger partial charge is 0.405 e. The van der Waals surface area contributed by atoms with Crippen molar-refractivity contribution in [1.29, 1.82) is 5.41 Å². The van der Waals surface area contributed by atoms with Crippen LogP contribution in [-0.2, 0) is 0 Å². The zero-order chi connectivity index (χ0) is 13.8. The quantitative estimate of drug-likeness (QED) is 0.531. The molecule has 0 spiro atoms. The predicted octanol–water partition coefficient (Wildman–Crippen LogP) is 1.44. The van der Waals surface area contributed by atoms with Gasteiger partial charge in [0.15, 0.2) is 0 Å². The number of urea groups is 1. The molecule has 0 aliphatic heterocycles. The van der Waals surface area contributed by atoms with Crippen molar-refractivity contribution in [3.8, 4) is 0 Å². The van der Waals surface area contributed by atoms with E-state index in [1.807, 2.05) is 5.32 Å². The van der Waals surface area contributed by atoms with Crippen molar-refractivity contribution < 1.29 is 18.0 Å². The topological polar surface area (TPSA) is 82.2 Å². The number of amides is 2. The third kappa shape index (κ3) is 4.80. The number of halogens is 3. The minimum Gasteiger partial charge on any atom is -0.386 e. The fourth-order valence-electron chi connectivity index (χ4n) is 2.04. The van der Waals surface area contributed by atoms with Crippen molar-refractivity contribution >= 4 is 11.9 Å². The third-order valence-corrected chi connectivity index (χ3v) is 2.81. The second-order valence-corrected chi connectivity index (χ2v) is 4.37. The SMILES string of the molecule is N=C(N)CN(C(=O)NCC(F)(F)F)C1CCCC1. The van der Waals surface area contributed by atoms with Gasteiger partial charge in [-0.2, -0.15) is 13.2 Å². The lowest BCUT2D eigenvalue weighted by Crippen LogP contribution is -2.50. The zero-order valence-electron chi connectivity index (χ0n) is 9.89. The summed E-state index contributed by atoms with van der Waals surface area (Å²) in [5, 5.41) is 8.99. The first-order valence-electron chi connectivity index (χ1n) is 5.73. The molecule has 0 radical (unpaired) electrons. The maximum absolute atomic E-state index is 12.0. The molecule has 2 amide bonds. The van der Waals surface area contributed by atoms with E-state index in [2.05, 4.69) is 0 Å². The molecule has 0 aromatic carbocycles. The van der Waals surface area contributed by atoms with E-state index in [-0.39, 0.29) is 18.4 Å². The molecule has 1 saturated carbocycles. The maximum atomic E-state index is 12.0. The summed E-state index contributed by atoms with van der Waals surface area (Å²) in [6, 6.07) is -0.934. The van der Waals surface area contributed by atoms with Gasteiger partial charge in [0.05, 0.1) is 6.54 Å². The lowest BCUT2D eigenvalue weighted by atomic mass is 10.2. The lowest BCUT2D eigenvalue weighted by Gasteiger charge is -2.28. The monoisotopic (exact) mass is 266 g/mol. The highest BCUT2D eigenvalue weighted by Crippen LogP contribution is 2.23. The fourth-order valence-corrected chi connectivity index (χ4v) is 2.04. The first-order chi connectivity index (χ1) is 8.29. The molecular formula is C10H17F3N4O. The Morgan fingerprint density at radius 3 is 2.39 bits per heavy atom. The Bertz CT molecular complexity index is 313. The summed E-state index contributed by atoms with van der Waals surface area (Å²) in [6.07, 6.45) is -1.08. The van der Waals surface area contributed by atoms with E-state index < -0.39 is 18.8 Å². The highest BCUT2D eigenvalue weighted by atomic mass is 19.4. The van der Waals surface area contributed by atoms with Crippen LogP contribution in [0.25, 0.3) is 0 Å². The molecule has 1 aliphatic carbocycles. The number of nitrogens with two attached hydrogens (primary N) is 1. The number of hydrogen-bond acceptors (Lipinski definition) is 2. The Kier molecular flexibility index (Phi) is 4.80. The number of nitrogens with zero attached hydrogens (tertiary/aromatic N) is 1. The molecule has 0 atom stereocenters. The smallest absolute Gasteiger partial charge is 0.386 e. The first kappa shape index (κ1) is 14.6. The Labute approximate surface area is 103 Å². The van der Waals surface area contributed by atoms with E-state index in [9.17, 15) is 18.0 Å². The van der Waals surface area contributed by atoms with Gasteiger partial charge in [-0.05, 0) is 12.8 Å². The van der Waals surface area contributed by atoms with Crippen molar-refractivity contribution in [2.75, 3.05) is 13.1 Å². The molecule has 0 bridgehead atoms. The van der Waals surface area contributed by atoms with Gasteiger partial charge in [-0.25, -0.2) is 4.79 Å². The maximum Gasteiger partial charge on any atom is 0.405 e. The molecule has 5 nitrogen and oxygen atoms in total. The first-order valence-corrected chi connectivity index (χ1v) is 5.73. The molecule has 18 heavy (non-hydrogen) atoms. The lowest BCUT2D eigenvalue weighted by molar-refractivity contribution is -0.123. The van der Waals surface area contributed by atoms with Gasteiger partial charge in [-0.3, -0.25) is 5.41 Å². The summed E-state index contributed by atoms with van der Waals surface area (Å²) in [4.78, 5) is 12.9. The van der Waals surface area contributed by atoms with Crippen LogP contribution >= 0.6 is 0 Å². The summed E-state index contributed by atoms with van der Waals surface area (Å²) in [5.74, 6) is -0.232. The zero-order valence-corrected chi connectivity index (χ0v) is 9.89. The average molecular weight is 266 g/mol. The molecule has 0 aromatic heterocycles. The Balaban J connectivity index is 2.58. The van der Waals surface area contributed by atoms with Crippen molar-refractivity contribution in [1.82, 2.24) is 10.2 Å². The number of nitrogens with one attached hydrogen (secondary N) is 2. The normalized spacial score (nSPS) is 16.6. The van der Waals surface area contributed by atoms with Crippen molar-refractivity contribution in [3.63, 3.8) is 0 Å². The summed E-state index contributed by atoms with van der Waals surface area (Å²) in [6.45, 7) is -1.50. The standard InChI is InChI=1S/C10H17F3N4O/c11-10(12,13)6-16-9(18)17(5-8(14)15)7-3-1-2-4-7/h7H,1-6H2,(H3,14,15)(H,16,18). The summed E-state index contributed by atoms with van der Waals surface area (Å²) in [5.41, 5.74) is 5.22. The number of hydrogen-bond donors (Lipinski definition) is 3. The molecule has 1 rings (SSSR count). The van der Waals surface area contributed by atoms with Crippen LogP contribution in [0.1, 0.15) is 25.7 Å². The fraction of sp³-hybridized carbons (Fsp3) is 0.800. The second-order valence-electron chi connectivity index (χ2n) is 4.37. The molecule has 0 aromatic rings. The van der Waals surface area contributed by atoms with Gasteiger partial charge in [0, 0.05) is 6.04 Å². The van der Waals surface area contributed by atoms with Crippen molar-refractivity contribution in [3.05, 3.63) is 0 Å². The molecule has 4 N–H and O–H groups in total. The molecule has 0 heterocycles. The van der Waals surface area contributed by atoms with E-state index in [0.717, 1.165) is 25.7 Å². The molecule has 0 saturated heterocycles. The van der Waals surface area contributed by atoms with Gasteiger partial charge in [-0.1, -0.05) is 12.8 Å². The predicted molar refractivity (Wildman–Crippen MR) is 60.3 cm³/mol. The Morgan fingerprint density at radius 1 is 1.39 bits per heavy atom. The Morgan fingerprint density at radius 2 is 1.94 bits per heavy atom. The van der Waals surface area contributed by atoms with Crippen LogP contribution in [0.4, 0.5) is 18.0 Å². The van der Waals surface area contributed by atoms with E-state index >= 15 is 0 Å². The van der Waals surface area contributed by atoms with Crippen LogP contribution in [0.3, 0.4) is 0 Å². The van der Waals surface area contributed by atoms with E-state index in [1.165, 1.54) is 4.90 Å². The van der Waals surface area contributed by atoms with Gasteiger partial charge >= 0.3 is 12.2 Å². The van der Waals surface area contributed by atoms with Gasteiger partial charge < -0.3 is 16.0 Å². The van der Waals surface area contributed by atoms with Crippen LogP contribution in [0.15, 0.2) is 0 Å². The van der Waals surface area contributed by atoms with Gasteiger partial charge in [-0.15, -0.1) is 0 Å². The second kappa shape index (κ2) is 5.92. The molecule has 1 fully saturated rings. The van der Waals surface area contributed by atoms with Gasteiger partial charge in [0.2, 0.25) is 0 Å². The van der Waals surface area contributed by atoms with Crippen LogP contribution in [-0.4, -0.2) is 42.1 Å². The van der Waals surface area contributed by atoms with Crippen molar-refractivity contribution in [2.24, 2.45) is 5.73 Å². The highest BCUT2D eigenvalue weighted by Gasteiger charge is 2.31. The van der Waals surface area contributed by atoms with Crippen LogP contribution in [0.5, 0.6) is 0 Å². The minimum absolute atomic E-state index is 0.123. The van der Waals surface area contributed by atoms with E-state index in [4.69, 9.17) is 11.1 Å². The number of alkyl halides is 3. The van der Waals surface area contributed by atoms with Gasteiger partial charge in [0.25, 0.3) is 0 Å². The summed E-state index contributed by atoms with van der Waals surface area (Å²) >= 11 is 0. The van der Waals surface area contributed by atoms with Crippen LogP contribution in [0.2, 0.25) is 0 Å². The molecule has 104 valence electrons. The number of rotatable bonds is 4. The number of amidine groups is 1. The van der Waals surface area contributed by atoms with E-state index in [1.54, 1.807) is 0 Å². The molecule has 0 unspecified atom stereocenters. The van der Waals surface area contributed by atoms with Crippen LogP contribution < -0.4 is 11.1 Å². The highest BCUT2D eigenvalue weighted by molar-refractivity contribution is 5.84. The molecular weight excluding hydrogens is 249 g/mol. The number of carbonyl (C=O) groups is 1. The van der Waals surface area contributed by atoms with Gasteiger partial charge in [0.1, 0.15) is 12.4 Å². The molecule has 8 heteroatoms. The average Bonchev–Trinajstić information content (AvgIpc) is 2.74. The minimum atomic E-state index is -4.44. The Hall–Kier alpha value is -1.47. The number of carbonyl (C=O) groups excluding carboxylic acids is 1. The van der Waals surface area contributed by atoms with Crippen LogP contribution in [0, 0.1) is 5.41 Å². The summed E-state index contributed by atoms with van der Waals surface area (Å²) in [7, 11) is 0. The summed E-state index contributed by atoms with van der Waals surface area (Å²) < 4.78 is 36.1.